The van der Waals surface area contributed by atoms with Crippen LogP contribution in [-0.4, -0.2) is 30.0 Å². The quantitative estimate of drug-likeness (QED) is 0.705. The maximum atomic E-state index is 12.4. The third-order valence-corrected chi connectivity index (χ3v) is 4.27. The van der Waals surface area contributed by atoms with Crippen LogP contribution in [0.2, 0.25) is 0 Å². The van der Waals surface area contributed by atoms with Crippen molar-refractivity contribution in [2.45, 2.75) is 26.2 Å². The summed E-state index contributed by atoms with van der Waals surface area (Å²) in [6.45, 7) is 6.25. The van der Waals surface area contributed by atoms with Gasteiger partial charge in [-0.05, 0) is 36.4 Å². The van der Waals surface area contributed by atoms with Gasteiger partial charge >= 0.3 is 6.09 Å². The average molecular weight is 378 g/mol. The summed E-state index contributed by atoms with van der Waals surface area (Å²) < 4.78 is 7.09. The van der Waals surface area contributed by atoms with Gasteiger partial charge in [-0.15, -0.1) is 0 Å². The zero-order chi connectivity index (χ0) is 20.3. The van der Waals surface area contributed by atoms with Crippen molar-refractivity contribution in [3.05, 3.63) is 66.4 Å². The Morgan fingerprint density at radius 3 is 2.25 bits per heavy atom. The van der Waals surface area contributed by atoms with Crippen molar-refractivity contribution in [2.75, 3.05) is 24.3 Å². The number of nitrogens with one attached hydrogen (secondary N) is 1. The molecule has 0 atom stereocenters. The fourth-order valence-electron chi connectivity index (χ4n) is 2.65. The molecule has 0 fully saturated rings. The van der Waals surface area contributed by atoms with Crippen LogP contribution in [0, 0.1) is 0 Å². The molecule has 3 aromatic rings. The number of benzene rings is 2. The van der Waals surface area contributed by atoms with Gasteiger partial charge in [-0.3, -0.25) is 5.32 Å². The van der Waals surface area contributed by atoms with E-state index in [-0.39, 0.29) is 5.41 Å². The molecule has 0 aliphatic rings. The Hall–Kier alpha value is -3.28. The molecule has 6 nitrogen and oxygen atoms in total. The molecule has 1 heterocycles. The SMILES string of the molecule is CN(C)c1ccc(-n2nc(C(C)(C)C)cc2NC(=O)Oc2ccccc2)cc1. The summed E-state index contributed by atoms with van der Waals surface area (Å²) in [6.07, 6.45) is -0.558. The minimum Gasteiger partial charge on any atom is -0.410 e. The van der Waals surface area contributed by atoms with Gasteiger partial charge < -0.3 is 9.64 Å². The largest absolute Gasteiger partial charge is 0.418 e. The molecule has 1 amide bonds. The molecule has 0 aliphatic carbocycles. The normalized spacial score (nSPS) is 11.2. The van der Waals surface area contributed by atoms with Crippen LogP contribution in [0.5, 0.6) is 5.75 Å². The second-order valence-corrected chi connectivity index (χ2v) is 7.82. The molecule has 0 unspecified atom stereocenters. The van der Waals surface area contributed by atoms with E-state index >= 15 is 0 Å². The molecule has 28 heavy (non-hydrogen) atoms. The predicted molar refractivity (Wildman–Crippen MR) is 113 cm³/mol. The van der Waals surface area contributed by atoms with Crippen LogP contribution >= 0.6 is 0 Å². The van der Waals surface area contributed by atoms with Crippen LogP contribution in [0.1, 0.15) is 26.5 Å². The summed E-state index contributed by atoms with van der Waals surface area (Å²) in [6, 6.07) is 18.8. The van der Waals surface area contributed by atoms with Crippen LogP contribution in [0.3, 0.4) is 0 Å². The van der Waals surface area contributed by atoms with Crippen LogP contribution in [0.15, 0.2) is 60.7 Å². The van der Waals surface area contributed by atoms with Crippen LogP contribution in [0.4, 0.5) is 16.3 Å². The van der Waals surface area contributed by atoms with Gasteiger partial charge in [-0.2, -0.15) is 5.10 Å². The molecule has 2 aromatic carbocycles. The number of para-hydroxylation sites is 1. The third-order valence-electron chi connectivity index (χ3n) is 4.27. The Kier molecular flexibility index (Phi) is 5.40. The van der Waals surface area contributed by atoms with Gasteiger partial charge in [0.05, 0.1) is 11.4 Å². The summed E-state index contributed by atoms with van der Waals surface area (Å²) in [4.78, 5) is 14.4. The standard InChI is InChI=1S/C22H26N4O2/c1-22(2,3)19-15-20(23-21(27)28-18-9-7-6-8-10-18)26(24-19)17-13-11-16(12-14-17)25(4)5/h6-15H,1-5H3,(H,23,27). The summed E-state index contributed by atoms with van der Waals surface area (Å²) in [5.41, 5.74) is 2.66. The highest BCUT2D eigenvalue weighted by atomic mass is 16.6. The van der Waals surface area contributed by atoms with E-state index in [2.05, 4.69) is 26.1 Å². The monoisotopic (exact) mass is 378 g/mol. The second-order valence-electron chi connectivity index (χ2n) is 7.82. The highest BCUT2D eigenvalue weighted by Gasteiger charge is 2.22. The first-order valence-electron chi connectivity index (χ1n) is 9.16. The lowest BCUT2D eigenvalue weighted by atomic mass is 9.92. The lowest BCUT2D eigenvalue weighted by molar-refractivity contribution is 0.215. The first-order chi connectivity index (χ1) is 13.2. The van der Waals surface area contributed by atoms with Gasteiger partial charge in [0.1, 0.15) is 11.6 Å². The molecule has 1 aromatic heterocycles. The Bertz CT molecular complexity index is 939. The van der Waals surface area contributed by atoms with Gasteiger partial charge in [-0.1, -0.05) is 39.0 Å². The molecule has 0 radical (unpaired) electrons. The van der Waals surface area contributed by atoms with Crippen molar-refractivity contribution in [1.82, 2.24) is 9.78 Å². The van der Waals surface area contributed by atoms with Crippen LogP contribution in [0.25, 0.3) is 5.69 Å². The molecule has 0 aliphatic heterocycles. The van der Waals surface area contributed by atoms with E-state index in [9.17, 15) is 4.79 Å². The van der Waals surface area contributed by atoms with Crippen molar-refractivity contribution >= 4 is 17.6 Å². The molecule has 1 N–H and O–H groups in total. The van der Waals surface area contributed by atoms with Crippen molar-refractivity contribution in [2.24, 2.45) is 0 Å². The zero-order valence-electron chi connectivity index (χ0n) is 16.9. The first-order valence-corrected chi connectivity index (χ1v) is 9.16. The van der Waals surface area contributed by atoms with Gasteiger partial charge in [-0.25, -0.2) is 9.48 Å². The maximum absolute atomic E-state index is 12.4. The summed E-state index contributed by atoms with van der Waals surface area (Å²) in [5, 5.41) is 7.54. The van der Waals surface area contributed by atoms with E-state index in [4.69, 9.17) is 9.84 Å². The Morgan fingerprint density at radius 1 is 1.04 bits per heavy atom. The second kappa shape index (κ2) is 7.76. The highest BCUT2D eigenvalue weighted by molar-refractivity contribution is 5.85. The first kappa shape index (κ1) is 19.5. The average Bonchev–Trinajstić information content (AvgIpc) is 3.06. The topological polar surface area (TPSA) is 59.4 Å². The molecule has 0 spiro atoms. The molecule has 0 bridgehead atoms. The summed E-state index contributed by atoms with van der Waals surface area (Å²) in [5.74, 6) is 1.04. The number of aromatic nitrogens is 2. The summed E-state index contributed by atoms with van der Waals surface area (Å²) >= 11 is 0. The molecular formula is C22H26N4O2. The number of anilines is 2. The third kappa shape index (κ3) is 4.52. The van der Waals surface area contributed by atoms with Gasteiger partial charge in [0.15, 0.2) is 0 Å². The minimum absolute atomic E-state index is 0.158. The summed E-state index contributed by atoms with van der Waals surface area (Å²) in [7, 11) is 3.99. The number of carbonyl (C=O) groups is 1. The Balaban J connectivity index is 1.90. The number of amides is 1. The predicted octanol–water partition coefficient (Wildman–Crippen LogP) is 4.85. The fraction of sp³-hybridized carbons (Fsp3) is 0.273. The van der Waals surface area contributed by atoms with Crippen LogP contribution < -0.4 is 15.0 Å². The zero-order valence-corrected chi connectivity index (χ0v) is 16.9. The van der Waals surface area contributed by atoms with Gasteiger partial charge in [0.2, 0.25) is 0 Å². The number of carbonyl (C=O) groups excluding carboxylic acids is 1. The van der Waals surface area contributed by atoms with E-state index in [0.29, 0.717) is 11.6 Å². The van der Waals surface area contributed by atoms with E-state index in [1.54, 1.807) is 16.8 Å². The van der Waals surface area contributed by atoms with E-state index in [0.717, 1.165) is 17.1 Å². The van der Waals surface area contributed by atoms with Crippen molar-refractivity contribution < 1.29 is 9.53 Å². The number of rotatable bonds is 4. The smallest absolute Gasteiger partial charge is 0.410 e. The van der Waals surface area contributed by atoms with Gasteiger partial charge in [0, 0.05) is 31.3 Å². The number of hydrogen-bond acceptors (Lipinski definition) is 4. The lowest BCUT2D eigenvalue weighted by Gasteiger charge is -2.15. The van der Waals surface area contributed by atoms with Crippen molar-refractivity contribution in [1.29, 1.82) is 0 Å². The van der Waals surface area contributed by atoms with E-state index in [1.807, 2.05) is 67.5 Å². The van der Waals surface area contributed by atoms with E-state index in [1.165, 1.54) is 0 Å². The fourth-order valence-corrected chi connectivity index (χ4v) is 2.65. The molecule has 146 valence electrons. The number of ether oxygens (including phenoxy) is 1. The van der Waals surface area contributed by atoms with Crippen molar-refractivity contribution in [3.63, 3.8) is 0 Å². The molecular weight excluding hydrogens is 352 g/mol. The number of hydrogen-bond donors (Lipinski definition) is 1. The Morgan fingerprint density at radius 2 is 1.68 bits per heavy atom. The van der Waals surface area contributed by atoms with Crippen molar-refractivity contribution in [3.8, 4) is 11.4 Å². The lowest BCUT2D eigenvalue weighted by Crippen LogP contribution is -2.19. The Labute approximate surface area is 165 Å². The molecule has 0 saturated heterocycles. The van der Waals surface area contributed by atoms with Gasteiger partial charge in [0.25, 0.3) is 0 Å². The number of nitrogens with zero attached hydrogens (tertiary/aromatic N) is 3. The minimum atomic E-state index is -0.558. The van der Waals surface area contributed by atoms with E-state index < -0.39 is 6.09 Å². The molecule has 6 heteroatoms. The highest BCUT2D eigenvalue weighted by Crippen LogP contribution is 2.27. The maximum Gasteiger partial charge on any atom is 0.418 e. The molecule has 3 rings (SSSR count). The molecule has 0 saturated carbocycles. The van der Waals surface area contributed by atoms with Crippen LogP contribution in [-0.2, 0) is 5.41 Å².